The van der Waals surface area contributed by atoms with E-state index in [1.165, 1.54) is 11.6 Å². The van der Waals surface area contributed by atoms with Crippen LogP contribution in [0.3, 0.4) is 0 Å². The molecule has 1 aromatic heterocycles. The average molecular weight is 352 g/mol. The van der Waals surface area contributed by atoms with Crippen molar-refractivity contribution in [2.75, 3.05) is 7.05 Å². The van der Waals surface area contributed by atoms with Crippen LogP contribution in [-0.2, 0) is 6.54 Å². The fourth-order valence-corrected chi connectivity index (χ4v) is 2.84. The maximum Gasteiger partial charge on any atom is 0.270 e. The van der Waals surface area contributed by atoms with Gasteiger partial charge in [-0.3, -0.25) is 10.1 Å². The molecule has 0 aliphatic heterocycles. The SMILES string of the molecule is CCC(NC)c1ccn(Cc2ccc([N+](=O)[O-])cc2Br)c1. The molecule has 0 bridgehead atoms. The number of hydrogen-bond acceptors (Lipinski definition) is 3. The zero-order valence-corrected chi connectivity index (χ0v) is 13.6. The van der Waals surface area contributed by atoms with Crippen LogP contribution < -0.4 is 5.32 Å². The standard InChI is InChI=1S/C15H18BrN3O2/c1-3-15(17-2)12-6-7-18(10-12)9-11-4-5-13(19(20)21)8-14(11)16/h4-8,10,15,17H,3,9H2,1-2H3. The molecule has 0 saturated heterocycles. The van der Waals surface area contributed by atoms with Crippen molar-refractivity contribution < 1.29 is 4.92 Å². The smallest absolute Gasteiger partial charge is 0.270 e. The lowest BCUT2D eigenvalue weighted by molar-refractivity contribution is -0.384. The molecule has 1 unspecified atom stereocenters. The van der Waals surface area contributed by atoms with Gasteiger partial charge in [-0.25, -0.2) is 0 Å². The predicted molar refractivity (Wildman–Crippen MR) is 86.4 cm³/mol. The van der Waals surface area contributed by atoms with Crippen LogP contribution in [0, 0.1) is 10.1 Å². The van der Waals surface area contributed by atoms with Crippen molar-refractivity contribution in [2.45, 2.75) is 25.9 Å². The Morgan fingerprint density at radius 1 is 1.43 bits per heavy atom. The molecule has 0 aliphatic carbocycles. The summed E-state index contributed by atoms with van der Waals surface area (Å²) in [7, 11) is 1.96. The molecular weight excluding hydrogens is 334 g/mol. The van der Waals surface area contributed by atoms with Crippen molar-refractivity contribution >= 4 is 21.6 Å². The Bertz CT molecular complexity index is 636. The average Bonchev–Trinajstić information content (AvgIpc) is 2.91. The Morgan fingerprint density at radius 3 is 2.76 bits per heavy atom. The summed E-state index contributed by atoms with van der Waals surface area (Å²) in [4.78, 5) is 10.4. The highest BCUT2D eigenvalue weighted by molar-refractivity contribution is 9.10. The Hall–Kier alpha value is -1.66. The highest BCUT2D eigenvalue weighted by atomic mass is 79.9. The Morgan fingerprint density at radius 2 is 2.19 bits per heavy atom. The molecule has 0 spiro atoms. The zero-order chi connectivity index (χ0) is 15.4. The summed E-state index contributed by atoms with van der Waals surface area (Å²) in [6.45, 7) is 2.82. The number of rotatable bonds is 6. The van der Waals surface area contributed by atoms with E-state index in [1.807, 2.05) is 13.2 Å². The second-order valence-electron chi connectivity index (χ2n) is 4.90. The number of aromatic nitrogens is 1. The van der Waals surface area contributed by atoms with Gasteiger partial charge in [-0.15, -0.1) is 0 Å². The van der Waals surface area contributed by atoms with Crippen LogP contribution in [0.2, 0.25) is 0 Å². The molecule has 112 valence electrons. The molecule has 5 nitrogen and oxygen atoms in total. The lowest BCUT2D eigenvalue weighted by Crippen LogP contribution is -2.14. The molecule has 0 fully saturated rings. The van der Waals surface area contributed by atoms with E-state index < -0.39 is 0 Å². The summed E-state index contributed by atoms with van der Waals surface area (Å²) in [5.41, 5.74) is 2.36. The van der Waals surface area contributed by atoms with Crippen LogP contribution in [0.15, 0.2) is 41.1 Å². The highest BCUT2D eigenvalue weighted by Gasteiger charge is 2.11. The van der Waals surface area contributed by atoms with Crippen LogP contribution in [0.25, 0.3) is 0 Å². The summed E-state index contributed by atoms with van der Waals surface area (Å²) in [6, 6.07) is 7.32. The van der Waals surface area contributed by atoms with E-state index in [0.717, 1.165) is 16.5 Å². The van der Waals surface area contributed by atoms with Gasteiger partial charge in [-0.05, 0) is 36.7 Å². The Balaban J connectivity index is 2.17. The van der Waals surface area contributed by atoms with Gasteiger partial charge in [-0.1, -0.05) is 22.9 Å². The van der Waals surface area contributed by atoms with Crippen molar-refractivity contribution in [1.82, 2.24) is 9.88 Å². The quantitative estimate of drug-likeness (QED) is 0.634. The number of nitrogens with zero attached hydrogens (tertiary/aromatic N) is 2. The van der Waals surface area contributed by atoms with Gasteiger partial charge >= 0.3 is 0 Å². The van der Waals surface area contributed by atoms with Gasteiger partial charge in [0.2, 0.25) is 0 Å². The summed E-state index contributed by atoms with van der Waals surface area (Å²) >= 11 is 3.41. The van der Waals surface area contributed by atoms with Gasteiger partial charge in [0.25, 0.3) is 5.69 Å². The van der Waals surface area contributed by atoms with Crippen LogP contribution in [0.1, 0.15) is 30.5 Å². The molecule has 1 N–H and O–H groups in total. The van der Waals surface area contributed by atoms with Gasteiger partial charge in [0, 0.05) is 41.6 Å². The van der Waals surface area contributed by atoms with E-state index in [1.54, 1.807) is 12.1 Å². The van der Waals surface area contributed by atoms with E-state index in [-0.39, 0.29) is 10.6 Å². The van der Waals surface area contributed by atoms with E-state index in [0.29, 0.717) is 12.6 Å². The number of benzene rings is 1. The van der Waals surface area contributed by atoms with Crippen molar-refractivity contribution in [3.05, 3.63) is 62.4 Å². The number of nitrogens with one attached hydrogen (secondary N) is 1. The molecule has 0 saturated carbocycles. The largest absolute Gasteiger partial charge is 0.350 e. The molecule has 1 aromatic carbocycles. The topological polar surface area (TPSA) is 60.1 Å². The van der Waals surface area contributed by atoms with Gasteiger partial charge in [0.15, 0.2) is 0 Å². The molecule has 2 rings (SSSR count). The number of halogens is 1. The first kappa shape index (κ1) is 15.7. The third kappa shape index (κ3) is 3.71. The van der Waals surface area contributed by atoms with Crippen molar-refractivity contribution in [1.29, 1.82) is 0 Å². The van der Waals surface area contributed by atoms with E-state index >= 15 is 0 Å². The first-order chi connectivity index (χ1) is 10.0. The minimum Gasteiger partial charge on any atom is -0.350 e. The molecular formula is C15H18BrN3O2. The summed E-state index contributed by atoms with van der Waals surface area (Å²) < 4.78 is 2.84. The molecule has 6 heteroatoms. The zero-order valence-electron chi connectivity index (χ0n) is 12.0. The number of nitro groups is 1. The fraction of sp³-hybridized carbons (Fsp3) is 0.333. The first-order valence-electron chi connectivity index (χ1n) is 6.81. The molecule has 0 radical (unpaired) electrons. The molecule has 1 heterocycles. The molecule has 0 amide bonds. The van der Waals surface area contributed by atoms with Crippen molar-refractivity contribution in [3.8, 4) is 0 Å². The van der Waals surface area contributed by atoms with E-state index in [2.05, 4.69) is 45.0 Å². The van der Waals surface area contributed by atoms with Crippen molar-refractivity contribution in [3.63, 3.8) is 0 Å². The van der Waals surface area contributed by atoms with Gasteiger partial charge in [0.05, 0.1) is 4.92 Å². The monoisotopic (exact) mass is 351 g/mol. The second-order valence-corrected chi connectivity index (χ2v) is 5.75. The fourth-order valence-electron chi connectivity index (χ4n) is 2.35. The van der Waals surface area contributed by atoms with Crippen LogP contribution in [0.4, 0.5) is 5.69 Å². The van der Waals surface area contributed by atoms with Gasteiger partial charge < -0.3 is 9.88 Å². The van der Waals surface area contributed by atoms with Gasteiger partial charge in [0.1, 0.15) is 0 Å². The lowest BCUT2D eigenvalue weighted by Gasteiger charge is -2.11. The summed E-state index contributed by atoms with van der Waals surface area (Å²) in [6.07, 6.45) is 5.17. The maximum absolute atomic E-state index is 10.7. The van der Waals surface area contributed by atoms with Crippen LogP contribution in [-0.4, -0.2) is 16.5 Å². The third-order valence-electron chi connectivity index (χ3n) is 3.53. The Kier molecular flexibility index (Phi) is 5.14. The summed E-state index contributed by atoms with van der Waals surface area (Å²) in [5, 5.41) is 14.0. The lowest BCUT2D eigenvalue weighted by atomic mass is 10.1. The minimum absolute atomic E-state index is 0.0973. The number of hydrogen-bond donors (Lipinski definition) is 1. The van der Waals surface area contributed by atoms with E-state index in [9.17, 15) is 10.1 Å². The first-order valence-corrected chi connectivity index (χ1v) is 7.60. The molecule has 2 aromatic rings. The number of nitro benzene ring substituents is 1. The molecule has 0 aliphatic rings. The molecule has 1 atom stereocenters. The second kappa shape index (κ2) is 6.87. The minimum atomic E-state index is -0.388. The number of non-ortho nitro benzene ring substituents is 1. The highest BCUT2D eigenvalue weighted by Crippen LogP contribution is 2.24. The summed E-state index contributed by atoms with van der Waals surface area (Å²) in [5.74, 6) is 0. The maximum atomic E-state index is 10.7. The molecule has 21 heavy (non-hydrogen) atoms. The normalized spacial score (nSPS) is 12.3. The van der Waals surface area contributed by atoms with Crippen molar-refractivity contribution in [2.24, 2.45) is 0 Å². The van der Waals surface area contributed by atoms with E-state index in [4.69, 9.17) is 0 Å². The van der Waals surface area contributed by atoms with Gasteiger partial charge in [-0.2, -0.15) is 0 Å². The Labute approximate surface area is 132 Å². The van der Waals surface area contributed by atoms with Crippen LogP contribution in [0.5, 0.6) is 0 Å². The predicted octanol–water partition coefficient (Wildman–Crippen LogP) is 3.88. The third-order valence-corrected chi connectivity index (χ3v) is 4.27. The van der Waals surface area contributed by atoms with Crippen LogP contribution >= 0.6 is 15.9 Å².